The van der Waals surface area contributed by atoms with E-state index in [0.717, 1.165) is 17.3 Å². The normalized spacial score (nSPS) is 58.9. The molecule has 4 rings (SSSR count). The molecule has 76 valence electrons. The Morgan fingerprint density at radius 3 is 2.79 bits per heavy atom. The molecule has 0 bridgehead atoms. The molecule has 1 spiro atoms. The van der Waals surface area contributed by atoms with Crippen molar-refractivity contribution in [1.29, 1.82) is 0 Å². The molecule has 3 fully saturated rings. The van der Waals surface area contributed by atoms with Crippen LogP contribution in [0, 0.1) is 29.1 Å². The second-order valence-corrected chi connectivity index (χ2v) is 6.24. The standard InChI is InChI=1S/C14H20/c1-2-5-11-9-14-7-3-6-12(14)13(14)8-10(11)4-1/h1-2,10-13H,3-9H2. The zero-order valence-corrected chi connectivity index (χ0v) is 8.91. The highest BCUT2D eigenvalue weighted by molar-refractivity contribution is 5.18. The molecule has 3 saturated carbocycles. The monoisotopic (exact) mass is 188 g/mol. The van der Waals surface area contributed by atoms with Crippen LogP contribution in [0.3, 0.4) is 0 Å². The van der Waals surface area contributed by atoms with Crippen molar-refractivity contribution < 1.29 is 0 Å². The lowest BCUT2D eigenvalue weighted by molar-refractivity contribution is 0.161. The molecule has 0 aromatic rings. The van der Waals surface area contributed by atoms with E-state index in [2.05, 4.69) is 12.2 Å². The number of fused-ring (bicyclic) bond motifs is 2. The van der Waals surface area contributed by atoms with Crippen molar-refractivity contribution in [2.45, 2.75) is 44.9 Å². The first kappa shape index (κ1) is 7.96. The summed E-state index contributed by atoms with van der Waals surface area (Å²) >= 11 is 0. The van der Waals surface area contributed by atoms with Crippen molar-refractivity contribution in [2.24, 2.45) is 29.1 Å². The smallest absolute Gasteiger partial charge is 0.0232 e. The predicted molar refractivity (Wildman–Crippen MR) is 57.9 cm³/mol. The highest BCUT2D eigenvalue weighted by Crippen LogP contribution is 2.76. The molecule has 0 heteroatoms. The molecule has 0 aliphatic heterocycles. The van der Waals surface area contributed by atoms with Gasteiger partial charge in [0.25, 0.3) is 0 Å². The summed E-state index contributed by atoms with van der Waals surface area (Å²) in [6.45, 7) is 0. The van der Waals surface area contributed by atoms with Gasteiger partial charge in [-0.1, -0.05) is 18.6 Å². The van der Waals surface area contributed by atoms with Gasteiger partial charge in [-0.15, -0.1) is 0 Å². The molecule has 0 saturated heterocycles. The van der Waals surface area contributed by atoms with Gasteiger partial charge in [-0.3, -0.25) is 0 Å². The Morgan fingerprint density at radius 1 is 1.00 bits per heavy atom. The molecule has 5 atom stereocenters. The van der Waals surface area contributed by atoms with Gasteiger partial charge in [-0.25, -0.2) is 0 Å². The van der Waals surface area contributed by atoms with E-state index >= 15 is 0 Å². The van der Waals surface area contributed by atoms with E-state index in [9.17, 15) is 0 Å². The average Bonchev–Trinajstić information content (AvgIpc) is 2.64. The van der Waals surface area contributed by atoms with Crippen LogP contribution in [0.15, 0.2) is 12.2 Å². The van der Waals surface area contributed by atoms with Gasteiger partial charge in [0.05, 0.1) is 0 Å². The molecule has 14 heavy (non-hydrogen) atoms. The van der Waals surface area contributed by atoms with Gasteiger partial charge in [0.15, 0.2) is 0 Å². The Kier molecular flexibility index (Phi) is 1.40. The van der Waals surface area contributed by atoms with E-state index in [-0.39, 0.29) is 0 Å². The predicted octanol–water partition coefficient (Wildman–Crippen LogP) is 3.78. The van der Waals surface area contributed by atoms with Crippen LogP contribution in [-0.2, 0) is 0 Å². The average molecular weight is 188 g/mol. The third-order valence-electron chi connectivity index (χ3n) is 5.92. The maximum absolute atomic E-state index is 2.45. The van der Waals surface area contributed by atoms with Crippen molar-refractivity contribution >= 4 is 0 Å². The molecule has 0 N–H and O–H groups in total. The van der Waals surface area contributed by atoms with E-state index in [4.69, 9.17) is 0 Å². The van der Waals surface area contributed by atoms with Gasteiger partial charge in [0, 0.05) is 0 Å². The van der Waals surface area contributed by atoms with Crippen molar-refractivity contribution in [3.05, 3.63) is 12.2 Å². The Bertz CT molecular complexity index is 290. The van der Waals surface area contributed by atoms with Crippen LogP contribution in [0.5, 0.6) is 0 Å². The molecule has 5 unspecified atom stereocenters. The summed E-state index contributed by atoms with van der Waals surface area (Å²) < 4.78 is 0. The van der Waals surface area contributed by atoms with E-state index in [1.807, 2.05) is 0 Å². The Balaban J connectivity index is 1.62. The maximum Gasteiger partial charge on any atom is -0.0232 e. The van der Waals surface area contributed by atoms with Crippen LogP contribution in [0.1, 0.15) is 44.9 Å². The summed E-state index contributed by atoms with van der Waals surface area (Å²) in [5, 5.41) is 0. The first-order chi connectivity index (χ1) is 6.90. The summed E-state index contributed by atoms with van der Waals surface area (Å²) in [5.41, 5.74) is 0.909. The van der Waals surface area contributed by atoms with Crippen molar-refractivity contribution in [1.82, 2.24) is 0 Å². The first-order valence-electron chi connectivity index (χ1n) is 6.55. The molecule has 4 aliphatic carbocycles. The minimum atomic E-state index is 0.909. The van der Waals surface area contributed by atoms with Crippen LogP contribution in [0.2, 0.25) is 0 Å². The van der Waals surface area contributed by atoms with Crippen molar-refractivity contribution in [3.63, 3.8) is 0 Å². The third-order valence-corrected chi connectivity index (χ3v) is 5.92. The van der Waals surface area contributed by atoms with Gasteiger partial charge in [-0.05, 0) is 67.6 Å². The molecule has 0 nitrogen and oxygen atoms in total. The molecular formula is C14H20. The quantitative estimate of drug-likeness (QED) is 0.507. The lowest BCUT2D eigenvalue weighted by Crippen LogP contribution is -2.27. The van der Waals surface area contributed by atoms with Crippen LogP contribution in [-0.4, -0.2) is 0 Å². The van der Waals surface area contributed by atoms with Crippen LogP contribution in [0.25, 0.3) is 0 Å². The SMILES string of the molecule is C1=CCC2CC34CCCC3C4CC2C1. The number of hydrogen-bond acceptors (Lipinski definition) is 0. The fourth-order valence-corrected chi connectivity index (χ4v) is 5.26. The molecular weight excluding hydrogens is 168 g/mol. The van der Waals surface area contributed by atoms with E-state index in [1.54, 1.807) is 32.1 Å². The summed E-state index contributed by atoms with van der Waals surface area (Å²) in [5.74, 6) is 4.54. The Morgan fingerprint density at radius 2 is 1.86 bits per heavy atom. The maximum atomic E-state index is 2.45. The van der Waals surface area contributed by atoms with Crippen molar-refractivity contribution in [3.8, 4) is 0 Å². The number of rotatable bonds is 0. The lowest BCUT2D eigenvalue weighted by Gasteiger charge is -2.36. The highest BCUT2D eigenvalue weighted by Gasteiger charge is 2.68. The zero-order chi connectivity index (χ0) is 9.17. The molecule has 0 aromatic heterocycles. The second kappa shape index (κ2) is 2.46. The molecule has 0 aromatic carbocycles. The summed E-state index contributed by atoms with van der Waals surface area (Å²) in [7, 11) is 0. The fourth-order valence-electron chi connectivity index (χ4n) is 5.26. The van der Waals surface area contributed by atoms with Gasteiger partial charge in [0.2, 0.25) is 0 Å². The van der Waals surface area contributed by atoms with Crippen LogP contribution >= 0.6 is 0 Å². The summed E-state index contributed by atoms with van der Waals surface area (Å²) in [6.07, 6.45) is 15.6. The van der Waals surface area contributed by atoms with Gasteiger partial charge >= 0.3 is 0 Å². The molecule has 0 amide bonds. The molecule has 4 aliphatic rings. The fraction of sp³-hybridized carbons (Fsp3) is 0.857. The van der Waals surface area contributed by atoms with E-state index < -0.39 is 0 Å². The second-order valence-electron chi connectivity index (χ2n) is 6.24. The van der Waals surface area contributed by atoms with Gasteiger partial charge in [-0.2, -0.15) is 0 Å². The van der Waals surface area contributed by atoms with Crippen molar-refractivity contribution in [2.75, 3.05) is 0 Å². The largest absolute Gasteiger partial charge is 0.0882 e. The Labute approximate surface area is 86.8 Å². The van der Waals surface area contributed by atoms with Gasteiger partial charge in [0.1, 0.15) is 0 Å². The minimum Gasteiger partial charge on any atom is -0.0882 e. The molecule has 0 radical (unpaired) electrons. The Hall–Kier alpha value is -0.260. The lowest BCUT2D eigenvalue weighted by atomic mass is 9.68. The highest BCUT2D eigenvalue weighted by atomic mass is 14.7. The number of allylic oxidation sites excluding steroid dienone is 2. The van der Waals surface area contributed by atoms with Crippen LogP contribution in [0.4, 0.5) is 0 Å². The zero-order valence-electron chi connectivity index (χ0n) is 8.91. The van der Waals surface area contributed by atoms with E-state index in [0.29, 0.717) is 0 Å². The summed E-state index contributed by atoms with van der Waals surface area (Å²) in [4.78, 5) is 0. The van der Waals surface area contributed by atoms with Gasteiger partial charge < -0.3 is 0 Å². The third kappa shape index (κ3) is 0.816. The molecule has 0 heterocycles. The van der Waals surface area contributed by atoms with E-state index in [1.165, 1.54) is 24.7 Å². The summed E-state index contributed by atoms with van der Waals surface area (Å²) in [6, 6.07) is 0. The van der Waals surface area contributed by atoms with Crippen LogP contribution < -0.4 is 0 Å². The number of hydrogen-bond donors (Lipinski definition) is 0. The minimum absolute atomic E-state index is 0.909. The topological polar surface area (TPSA) is 0 Å². The first-order valence-corrected chi connectivity index (χ1v) is 6.55.